The van der Waals surface area contributed by atoms with E-state index in [1.165, 1.54) is 0 Å². The molecular weight excluding hydrogens is 332 g/mol. The van der Waals surface area contributed by atoms with Gasteiger partial charge in [0.15, 0.2) is 0 Å². The van der Waals surface area contributed by atoms with Crippen molar-refractivity contribution in [3.63, 3.8) is 0 Å². The van der Waals surface area contributed by atoms with Gasteiger partial charge in [-0.25, -0.2) is 4.98 Å². The quantitative estimate of drug-likeness (QED) is 0.640. The van der Waals surface area contributed by atoms with Crippen LogP contribution in [0.5, 0.6) is 0 Å². The standard InChI is InChI=1S/C20H21ClN4/c1-3-11-24(12-4-2)14-18-20(15-5-7-16(21)8-6-15)23-19-10-9-17(22)13-25(18)19/h3-10,13H,1-2,11-12,14,22H2. The highest BCUT2D eigenvalue weighted by Gasteiger charge is 2.16. The molecule has 0 saturated heterocycles. The third kappa shape index (κ3) is 3.76. The Labute approximate surface area is 152 Å². The predicted molar refractivity (Wildman–Crippen MR) is 106 cm³/mol. The summed E-state index contributed by atoms with van der Waals surface area (Å²) in [5.41, 5.74) is 10.6. The van der Waals surface area contributed by atoms with E-state index in [0.29, 0.717) is 17.3 Å². The third-order valence-electron chi connectivity index (χ3n) is 4.01. The number of hydrogen-bond acceptors (Lipinski definition) is 3. The second kappa shape index (κ2) is 7.55. The molecule has 0 fully saturated rings. The van der Waals surface area contributed by atoms with Crippen LogP contribution in [0.1, 0.15) is 5.69 Å². The zero-order valence-electron chi connectivity index (χ0n) is 14.0. The first-order valence-corrected chi connectivity index (χ1v) is 8.46. The van der Waals surface area contributed by atoms with Crippen molar-refractivity contribution in [3.8, 4) is 11.3 Å². The maximum atomic E-state index is 6.03. The van der Waals surface area contributed by atoms with Gasteiger partial charge in [-0.15, -0.1) is 13.2 Å². The Balaban J connectivity index is 2.13. The van der Waals surface area contributed by atoms with E-state index >= 15 is 0 Å². The molecule has 0 aliphatic heterocycles. The molecule has 0 saturated carbocycles. The molecule has 2 aromatic heterocycles. The summed E-state index contributed by atoms with van der Waals surface area (Å²) in [6, 6.07) is 11.5. The summed E-state index contributed by atoms with van der Waals surface area (Å²) in [4.78, 5) is 7.06. The van der Waals surface area contributed by atoms with Crippen LogP contribution in [0.4, 0.5) is 5.69 Å². The Morgan fingerprint density at radius 3 is 2.40 bits per heavy atom. The van der Waals surface area contributed by atoms with Gasteiger partial charge >= 0.3 is 0 Å². The van der Waals surface area contributed by atoms with Gasteiger partial charge in [0.1, 0.15) is 5.65 Å². The topological polar surface area (TPSA) is 46.6 Å². The van der Waals surface area contributed by atoms with E-state index in [0.717, 1.165) is 35.7 Å². The monoisotopic (exact) mass is 352 g/mol. The number of hydrogen-bond donors (Lipinski definition) is 1. The molecule has 2 N–H and O–H groups in total. The summed E-state index contributed by atoms with van der Waals surface area (Å²) in [6.07, 6.45) is 5.70. The van der Waals surface area contributed by atoms with Crippen LogP contribution in [0, 0.1) is 0 Å². The van der Waals surface area contributed by atoms with Gasteiger partial charge in [-0.3, -0.25) is 4.90 Å². The Morgan fingerprint density at radius 2 is 1.76 bits per heavy atom. The number of fused-ring (bicyclic) bond motifs is 1. The number of aromatic nitrogens is 2. The van der Waals surface area contributed by atoms with E-state index < -0.39 is 0 Å². The highest BCUT2D eigenvalue weighted by atomic mass is 35.5. The minimum atomic E-state index is 0.702. The van der Waals surface area contributed by atoms with Gasteiger partial charge in [0.25, 0.3) is 0 Å². The summed E-state index contributed by atoms with van der Waals surface area (Å²) >= 11 is 6.03. The lowest BCUT2D eigenvalue weighted by molar-refractivity contribution is 0.323. The zero-order chi connectivity index (χ0) is 17.8. The van der Waals surface area contributed by atoms with Crippen molar-refractivity contribution in [2.45, 2.75) is 6.54 Å². The highest BCUT2D eigenvalue weighted by Crippen LogP contribution is 2.27. The van der Waals surface area contributed by atoms with Crippen LogP contribution in [0.15, 0.2) is 67.9 Å². The van der Waals surface area contributed by atoms with Crippen LogP contribution in [0.2, 0.25) is 5.02 Å². The number of nitrogens with zero attached hydrogens (tertiary/aromatic N) is 3. The molecule has 3 rings (SSSR count). The summed E-state index contributed by atoms with van der Waals surface area (Å²) in [7, 11) is 0. The molecule has 0 aliphatic carbocycles. The van der Waals surface area contributed by atoms with Crippen LogP contribution < -0.4 is 5.73 Å². The molecule has 0 spiro atoms. The van der Waals surface area contributed by atoms with Crippen LogP contribution in [0.3, 0.4) is 0 Å². The average Bonchev–Trinajstić information content (AvgIpc) is 2.94. The summed E-state index contributed by atoms with van der Waals surface area (Å²) < 4.78 is 2.05. The molecule has 0 radical (unpaired) electrons. The predicted octanol–water partition coefficient (Wildman–Crippen LogP) is 4.41. The van der Waals surface area contributed by atoms with E-state index in [9.17, 15) is 0 Å². The Bertz CT molecular complexity index is 886. The fraction of sp³-hybridized carbons (Fsp3) is 0.150. The maximum Gasteiger partial charge on any atom is 0.137 e. The van der Waals surface area contributed by atoms with E-state index in [-0.39, 0.29) is 0 Å². The first kappa shape index (κ1) is 17.3. The zero-order valence-corrected chi connectivity index (χ0v) is 14.8. The van der Waals surface area contributed by atoms with E-state index in [2.05, 4.69) is 22.5 Å². The number of pyridine rings is 1. The smallest absolute Gasteiger partial charge is 0.137 e. The van der Waals surface area contributed by atoms with Crippen LogP contribution in [-0.2, 0) is 6.54 Å². The Morgan fingerprint density at radius 1 is 1.08 bits per heavy atom. The Hall–Kier alpha value is -2.56. The van der Waals surface area contributed by atoms with Gasteiger partial charge in [0.05, 0.1) is 11.4 Å². The third-order valence-corrected chi connectivity index (χ3v) is 4.26. The number of nitrogens with two attached hydrogens (primary N) is 1. The SMILES string of the molecule is C=CCN(CC=C)Cc1c(-c2ccc(Cl)cc2)nc2ccc(N)cn12. The number of anilines is 1. The lowest BCUT2D eigenvalue weighted by Crippen LogP contribution is -2.24. The van der Waals surface area contributed by atoms with Crippen molar-refractivity contribution in [1.82, 2.24) is 14.3 Å². The minimum absolute atomic E-state index is 0.702. The molecule has 0 atom stereocenters. The number of imidazole rings is 1. The lowest BCUT2D eigenvalue weighted by atomic mass is 10.1. The van der Waals surface area contributed by atoms with Crippen molar-refractivity contribution >= 4 is 22.9 Å². The second-order valence-electron chi connectivity index (χ2n) is 5.88. The molecule has 0 bridgehead atoms. The maximum absolute atomic E-state index is 6.03. The molecule has 4 nitrogen and oxygen atoms in total. The molecule has 128 valence electrons. The summed E-state index contributed by atoms with van der Waals surface area (Å²) in [5, 5.41) is 0.707. The van der Waals surface area contributed by atoms with Gasteiger partial charge in [-0.2, -0.15) is 0 Å². The largest absolute Gasteiger partial charge is 0.398 e. The first-order chi connectivity index (χ1) is 12.1. The molecule has 0 aliphatic rings. The molecule has 3 aromatic rings. The van der Waals surface area contributed by atoms with Gasteiger partial charge < -0.3 is 10.1 Å². The molecule has 0 amide bonds. The average molecular weight is 353 g/mol. The fourth-order valence-electron chi connectivity index (χ4n) is 2.88. The van der Waals surface area contributed by atoms with Gasteiger partial charge in [-0.1, -0.05) is 35.9 Å². The van der Waals surface area contributed by atoms with Crippen LogP contribution >= 0.6 is 11.6 Å². The van der Waals surface area contributed by atoms with Crippen LogP contribution in [-0.4, -0.2) is 27.4 Å². The summed E-state index contributed by atoms with van der Waals surface area (Å²) in [5.74, 6) is 0. The van der Waals surface area contributed by atoms with Crippen molar-refractivity contribution in [2.75, 3.05) is 18.8 Å². The van der Waals surface area contributed by atoms with Crippen molar-refractivity contribution < 1.29 is 0 Å². The van der Waals surface area contributed by atoms with E-state index in [4.69, 9.17) is 22.3 Å². The first-order valence-electron chi connectivity index (χ1n) is 8.09. The van der Waals surface area contributed by atoms with Gasteiger partial charge in [-0.05, 0) is 24.3 Å². The molecule has 2 heterocycles. The molecular formula is C20H21ClN4. The number of benzene rings is 1. The minimum Gasteiger partial charge on any atom is -0.398 e. The molecule has 25 heavy (non-hydrogen) atoms. The van der Waals surface area contributed by atoms with Crippen molar-refractivity contribution in [3.05, 3.63) is 78.6 Å². The van der Waals surface area contributed by atoms with E-state index in [1.807, 2.05) is 54.7 Å². The molecule has 5 heteroatoms. The lowest BCUT2D eigenvalue weighted by Gasteiger charge is -2.19. The van der Waals surface area contributed by atoms with Crippen molar-refractivity contribution in [2.24, 2.45) is 0 Å². The molecule has 0 unspecified atom stereocenters. The number of nitrogen functional groups attached to an aromatic ring is 1. The highest BCUT2D eigenvalue weighted by molar-refractivity contribution is 6.30. The van der Waals surface area contributed by atoms with Gasteiger partial charge in [0.2, 0.25) is 0 Å². The second-order valence-corrected chi connectivity index (χ2v) is 6.31. The number of rotatable bonds is 7. The van der Waals surface area contributed by atoms with Crippen LogP contribution in [0.25, 0.3) is 16.9 Å². The van der Waals surface area contributed by atoms with Gasteiger partial charge in [0, 0.05) is 42.1 Å². The number of halogens is 1. The fourth-order valence-corrected chi connectivity index (χ4v) is 3.01. The van der Waals surface area contributed by atoms with E-state index in [1.54, 1.807) is 0 Å². The normalized spacial score (nSPS) is 11.1. The Kier molecular flexibility index (Phi) is 5.22. The van der Waals surface area contributed by atoms with Crippen molar-refractivity contribution in [1.29, 1.82) is 0 Å². The molecule has 1 aromatic carbocycles. The summed E-state index contributed by atoms with van der Waals surface area (Å²) in [6.45, 7) is 9.93.